The average Bonchev–Trinajstić information content (AvgIpc) is 3.34. The Morgan fingerprint density at radius 2 is 1.87 bits per heavy atom. The summed E-state index contributed by atoms with van der Waals surface area (Å²) in [5.74, 6) is -0.198. The molecule has 2 amide bonds. The highest BCUT2D eigenvalue weighted by Crippen LogP contribution is 2.31. The van der Waals surface area contributed by atoms with Crippen LogP contribution in [0.2, 0.25) is 0 Å². The van der Waals surface area contributed by atoms with Crippen LogP contribution in [0.1, 0.15) is 42.6 Å². The summed E-state index contributed by atoms with van der Waals surface area (Å²) in [5, 5.41) is 4.52. The molecule has 2 N–H and O–H groups in total. The van der Waals surface area contributed by atoms with Crippen molar-refractivity contribution in [1.29, 1.82) is 0 Å². The van der Waals surface area contributed by atoms with Crippen LogP contribution in [0, 0.1) is 5.92 Å². The van der Waals surface area contributed by atoms with E-state index in [9.17, 15) is 9.59 Å². The number of carbonyl (C=O) groups is 2. The third-order valence-electron chi connectivity index (χ3n) is 6.72. The minimum atomic E-state index is -0.271. The molecule has 2 aromatic carbocycles. The molecule has 1 aliphatic carbocycles. The zero-order valence-electron chi connectivity index (χ0n) is 17.2. The molecule has 1 aliphatic heterocycles. The summed E-state index contributed by atoms with van der Waals surface area (Å²) in [6.07, 6.45) is 3.02. The van der Waals surface area contributed by atoms with E-state index < -0.39 is 0 Å². The molecule has 0 bridgehead atoms. The Balaban J connectivity index is 1.23. The molecule has 1 fully saturated rings. The molecule has 3 unspecified atom stereocenters. The number of hydrogen-bond donors (Lipinski definition) is 2. The first-order valence-electron chi connectivity index (χ1n) is 10.8. The predicted molar refractivity (Wildman–Crippen MR) is 117 cm³/mol. The highest BCUT2D eigenvalue weighted by atomic mass is 16.2. The van der Waals surface area contributed by atoms with Crippen molar-refractivity contribution < 1.29 is 9.59 Å². The summed E-state index contributed by atoms with van der Waals surface area (Å²) >= 11 is 0. The van der Waals surface area contributed by atoms with Gasteiger partial charge >= 0.3 is 0 Å². The van der Waals surface area contributed by atoms with Gasteiger partial charge in [-0.1, -0.05) is 48.5 Å². The second-order valence-electron chi connectivity index (χ2n) is 8.61. The second-order valence-corrected chi connectivity index (χ2v) is 8.61. The number of amides is 2. The van der Waals surface area contributed by atoms with Gasteiger partial charge in [0.05, 0.1) is 12.0 Å². The van der Waals surface area contributed by atoms with Gasteiger partial charge in [-0.3, -0.25) is 9.59 Å². The lowest BCUT2D eigenvalue weighted by atomic mass is 9.91. The van der Waals surface area contributed by atoms with Crippen LogP contribution >= 0.6 is 0 Å². The number of hydrogen-bond acceptors (Lipinski definition) is 2. The molecular weight excluding hydrogens is 374 g/mol. The van der Waals surface area contributed by atoms with Crippen LogP contribution in [0.4, 0.5) is 0 Å². The van der Waals surface area contributed by atoms with Gasteiger partial charge in [0, 0.05) is 42.0 Å². The van der Waals surface area contributed by atoms with E-state index in [0.717, 1.165) is 24.8 Å². The number of aryl methyl sites for hydroxylation is 1. The number of benzene rings is 2. The van der Waals surface area contributed by atoms with E-state index in [4.69, 9.17) is 0 Å². The minimum absolute atomic E-state index is 0.00988. The molecule has 0 spiro atoms. The first kappa shape index (κ1) is 18.9. The van der Waals surface area contributed by atoms with Crippen LogP contribution in [0.5, 0.6) is 0 Å². The Labute approximate surface area is 176 Å². The molecule has 1 saturated heterocycles. The van der Waals surface area contributed by atoms with Crippen molar-refractivity contribution in [3.8, 4) is 0 Å². The maximum absolute atomic E-state index is 12.9. The third-order valence-corrected chi connectivity index (χ3v) is 6.72. The summed E-state index contributed by atoms with van der Waals surface area (Å²) in [7, 11) is 0. The minimum Gasteiger partial charge on any atom is -0.358 e. The standard InChI is InChI=1S/C25H27N3O2/c1-16(17-7-3-2-4-8-17)28-15-18(13-24(28)29)25(30)26-19-11-12-21-20-9-5-6-10-22(20)27-23(21)14-19/h2-10,16,18-19,27H,11-15H2,1H3,(H,26,30). The highest BCUT2D eigenvalue weighted by Gasteiger charge is 2.38. The lowest BCUT2D eigenvalue weighted by Gasteiger charge is -2.26. The molecular formula is C25H27N3O2. The van der Waals surface area contributed by atoms with Gasteiger partial charge in [-0.2, -0.15) is 0 Å². The van der Waals surface area contributed by atoms with Crippen molar-refractivity contribution in [2.24, 2.45) is 5.92 Å². The number of H-pyrrole nitrogens is 1. The Hall–Kier alpha value is -3.08. The quantitative estimate of drug-likeness (QED) is 0.699. The van der Waals surface area contributed by atoms with Gasteiger partial charge in [0.2, 0.25) is 11.8 Å². The van der Waals surface area contributed by atoms with E-state index in [1.807, 2.05) is 48.2 Å². The molecule has 30 heavy (non-hydrogen) atoms. The summed E-state index contributed by atoms with van der Waals surface area (Å²) in [6, 6.07) is 18.5. The lowest BCUT2D eigenvalue weighted by molar-refractivity contribution is -0.130. The van der Waals surface area contributed by atoms with Crippen LogP contribution in [-0.4, -0.2) is 34.3 Å². The fraction of sp³-hybridized carbons (Fsp3) is 0.360. The van der Waals surface area contributed by atoms with Gasteiger partial charge in [-0.25, -0.2) is 0 Å². The molecule has 1 aromatic heterocycles. The largest absolute Gasteiger partial charge is 0.358 e. The Morgan fingerprint density at radius 1 is 1.10 bits per heavy atom. The number of nitrogens with zero attached hydrogens (tertiary/aromatic N) is 1. The Kier molecular flexibility index (Phi) is 4.81. The van der Waals surface area contributed by atoms with Gasteiger partial charge < -0.3 is 15.2 Å². The van der Waals surface area contributed by atoms with Crippen molar-refractivity contribution in [3.05, 3.63) is 71.4 Å². The maximum atomic E-state index is 12.9. The number of rotatable bonds is 4. The molecule has 5 heteroatoms. The van der Waals surface area contributed by atoms with Crippen molar-refractivity contribution in [2.45, 2.75) is 44.7 Å². The van der Waals surface area contributed by atoms with Crippen molar-refractivity contribution in [1.82, 2.24) is 15.2 Å². The lowest BCUT2D eigenvalue weighted by Crippen LogP contribution is -2.42. The van der Waals surface area contributed by atoms with Crippen molar-refractivity contribution >= 4 is 22.7 Å². The summed E-state index contributed by atoms with van der Waals surface area (Å²) in [6.45, 7) is 2.52. The summed E-state index contributed by atoms with van der Waals surface area (Å²) < 4.78 is 0. The molecule has 5 nitrogen and oxygen atoms in total. The zero-order valence-corrected chi connectivity index (χ0v) is 17.2. The predicted octanol–water partition coefficient (Wildman–Crippen LogP) is 3.75. The van der Waals surface area contributed by atoms with Gasteiger partial charge in [-0.15, -0.1) is 0 Å². The number of para-hydroxylation sites is 1. The maximum Gasteiger partial charge on any atom is 0.225 e. The molecule has 0 radical (unpaired) electrons. The number of likely N-dealkylation sites (tertiary alicyclic amines) is 1. The topological polar surface area (TPSA) is 65.2 Å². The monoisotopic (exact) mass is 401 g/mol. The summed E-state index contributed by atoms with van der Waals surface area (Å²) in [5.41, 5.74) is 4.89. The van der Waals surface area contributed by atoms with E-state index >= 15 is 0 Å². The SMILES string of the molecule is CC(c1ccccc1)N1CC(C(=O)NC2CCc3c([nH]c4ccccc34)C2)CC1=O. The van der Waals surface area contributed by atoms with Gasteiger partial charge in [0.1, 0.15) is 0 Å². The van der Waals surface area contributed by atoms with Crippen LogP contribution < -0.4 is 5.32 Å². The van der Waals surface area contributed by atoms with Crippen LogP contribution in [0.15, 0.2) is 54.6 Å². The third kappa shape index (κ3) is 3.38. The van der Waals surface area contributed by atoms with E-state index in [0.29, 0.717) is 13.0 Å². The fourth-order valence-electron chi connectivity index (χ4n) is 5.02. The first-order valence-corrected chi connectivity index (χ1v) is 10.8. The fourth-order valence-corrected chi connectivity index (χ4v) is 5.02. The molecule has 0 saturated carbocycles. The second kappa shape index (κ2) is 7.63. The number of nitrogens with one attached hydrogen (secondary N) is 2. The number of fused-ring (bicyclic) bond motifs is 3. The van der Waals surface area contributed by atoms with E-state index in [1.54, 1.807) is 0 Å². The number of aromatic amines is 1. The molecule has 2 aliphatic rings. The van der Waals surface area contributed by atoms with Crippen molar-refractivity contribution in [3.63, 3.8) is 0 Å². The molecule has 154 valence electrons. The van der Waals surface area contributed by atoms with Crippen LogP contribution in [-0.2, 0) is 22.4 Å². The molecule has 5 rings (SSSR count). The number of carbonyl (C=O) groups excluding carboxylic acids is 2. The van der Waals surface area contributed by atoms with E-state index in [-0.39, 0.29) is 29.8 Å². The Morgan fingerprint density at radius 3 is 2.70 bits per heavy atom. The van der Waals surface area contributed by atoms with Crippen LogP contribution in [0.3, 0.4) is 0 Å². The summed E-state index contributed by atoms with van der Waals surface area (Å²) in [4.78, 5) is 30.9. The van der Waals surface area contributed by atoms with Gasteiger partial charge in [0.15, 0.2) is 0 Å². The van der Waals surface area contributed by atoms with Crippen LogP contribution in [0.25, 0.3) is 10.9 Å². The average molecular weight is 402 g/mol. The molecule has 3 atom stereocenters. The smallest absolute Gasteiger partial charge is 0.225 e. The molecule has 3 aromatic rings. The van der Waals surface area contributed by atoms with E-state index in [2.05, 4.69) is 28.5 Å². The normalized spacial score (nSPS) is 22.2. The highest BCUT2D eigenvalue weighted by molar-refractivity contribution is 5.90. The van der Waals surface area contributed by atoms with Gasteiger partial charge in [-0.05, 0) is 37.0 Å². The molecule has 2 heterocycles. The van der Waals surface area contributed by atoms with E-state index in [1.165, 1.54) is 22.2 Å². The zero-order chi connectivity index (χ0) is 20.7. The Bertz CT molecular complexity index is 1090. The van der Waals surface area contributed by atoms with Gasteiger partial charge in [0.25, 0.3) is 0 Å². The first-order chi connectivity index (χ1) is 14.6. The number of aromatic nitrogens is 1. The van der Waals surface area contributed by atoms with Crippen molar-refractivity contribution in [2.75, 3.05) is 6.54 Å².